The summed E-state index contributed by atoms with van der Waals surface area (Å²) in [6.07, 6.45) is -5.31. The highest BCUT2D eigenvalue weighted by Crippen LogP contribution is 2.53. The van der Waals surface area contributed by atoms with Crippen molar-refractivity contribution in [2.24, 2.45) is 0 Å². The molecule has 0 amide bonds. The zero-order valence-electron chi connectivity index (χ0n) is 24.2. The average Bonchev–Trinajstić information content (AvgIpc) is 3.51. The third-order valence-electron chi connectivity index (χ3n) is 7.47. The molecule has 48 heavy (non-hydrogen) atoms. The molecule has 0 atom stereocenters. The van der Waals surface area contributed by atoms with E-state index in [0.29, 0.717) is 5.57 Å². The van der Waals surface area contributed by atoms with Gasteiger partial charge in [0.05, 0.1) is 44.0 Å². The Morgan fingerprint density at radius 3 is 1.75 bits per heavy atom. The van der Waals surface area contributed by atoms with Crippen molar-refractivity contribution in [3.8, 4) is 24.3 Å². The largest absolute Gasteiger partial charge is 0.573 e. The molecule has 12 heteroatoms. The minimum Gasteiger partial charge on any atom is -0.404 e. The molecule has 0 unspecified atom stereocenters. The minimum atomic E-state index is -5.31. The maximum Gasteiger partial charge on any atom is 0.573 e. The van der Waals surface area contributed by atoms with Gasteiger partial charge in [-0.1, -0.05) is 25.1 Å². The summed E-state index contributed by atoms with van der Waals surface area (Å²) in [5.74, 6) is -0.989. The lowest BCUT2D eigenvalue weighted by molar-refractivity contribution is -0.302. The Hall–Kier alpha value is -7.87. The van der Waals surface area contributed by atoms with Crippen LogP contribution in [0.25, 0.3) is 53.1 Å². The second-order valence-electron chi connectivity index (χ2n) is 10.1. The highest BCUT2D eigenvalue weighted by molar-refractivity contribution is 6.17. The van der Waals surface area contributed by atoms with Gasteiger partial charge >= 0.3 is 6.36 Å². The lowest BCUT2D eigenvalue weighted by atomic mass is 9.90. The Bertz CT molecular complexity index is 2450. The van der Waals surface area contributed by atoms with Crippen LogP contribution in [-0.2, 0) is 4.74 Å². The first kappa shape index (κ1) is 31.6. The van der Waals surface area contributed by atoms with Crippen molar-refractivity contribution in [3.63, 3.8) is 0 Å². The van der Waals surface area contributed by atoms with E-state index in [4.69, 9.17) is 26.3 Å². The van der Waals surface area contributed by atoms with E-state index in [1.807, 2.05) is 18.2 Å². The fourth-order valence-corrected chi connectivity index (χ4v) is 5.63. The van der Waals surface area contributed by atoms with E-state index in [-0.39, 0.29) is 72.8 Å². The number of halogens is 3. The molecular formula is C36H11F3N8O. The number of nitriles is 4. The maximum absolute atomic E-state index is 13.9. The lowest BCUT2D eigenvalue weighted by Gasteiger charge is -2.16. The normalized spacial score (nSPS) is 14.8. The SMILES string of the molecule is [C-]#[N+]C(=C1C(C)=C([N+]#[C-])c2cc3c(cc21)/C(=C(/C#N)c1cc(C#N)cc([N+]#[C-])c1)C(OC(F)(F)F)=C3C#N)c1cc(C#N)cc([N+]#[C-])c1. The summed E-state index contributed by atoms with van der Waals surface area (Å²) in [6, 6.07) is 17.8. The van der Waals surface area contributed by atoms with Crippen LogP contribution in [0.3, 0.4) is 0 Å². The highest BCUT2D eigenvalue weighted by atomic mass is 19.4. The zero-order valence-corrected chi connectivity index (χ0v) is 24.2. The third kappa shape index (κ3) is 5.14. The molecule has 0 saturated carbocycles. The van der Waals surface area contributed by atoms with Crippen LogP contribution in [0.2, 0.25) is 0 Å². The van der Waals surface area contributed by atoms with Crippen molar-refractivity contribution in [2.75, 3.05) is 0 Å². The van der Waals surface area contributed by atoms with E-state index < -0.39 is 28.8 Å². The number of allylic oxidation sites excluding steroid dienone is 5. The number of rotatable bonds is 3. The minimum absolute atomic E-state index is 0.0442. The Labute approximate surface area is 271 Å². The first-order chi connectivity index (χ1) is 23.0. The summed E-state index contributed by atoms with van der Waals surface area (Å²) in [6.45, 7) is 32.3. The number of benzene rings is 3. The fourth-order valence-electron chi connectivity index (χ4n) is 5.63. The molecule has 222 valence electrons. The van der Waals surface area contributed by atoms with Crippen LogP contribution in [0.15, 0.2) is 59.9 Å². The summed E-state index contributed by atoms with van der Waals surface area (Å²) < 4.78 is 46.0. The molecule has 2 aliphatic rings. The predicted molar refractivity (Wildman–Crippen MR) is 166 cm³/mol. The molecular weight excluding hydrogens is 617 g/mol. The fraction of sp³-hybridized carbons (Fsp3) is 0.0556. The molecule has 0 aromatic heterocycles. The monoisotopic (exact) mass is 628 g/mol. The van der Waals surface area contributed by atoms with E-state index in [1.165, 1.54) is 48.5 Å². The molecule has 5 rings (SSSR count). The average molecular weight is 629 g/mol. The quantitative estimate of drug-likeness (QED) is 0.211. The van der Waals surface area contributed by atoms with Crippen molar-refractivity contribution in [1.29, 1.82) is 21.0 Å². The van der Waals surface area contributed by atoms with Crippen molar-refractivity contribution in [1.82, 2.24) is 0 Å². The van der Waals surface area contributed by atoms with Crippen molar-refractivity contribution in [2.45, 2.75) is 13.3 Å². The van der Waals surface area contributed by atoms with Crippen LogP contribution in [-0.4, -0.2) is 6.36 Å². The first-order valence-electron chi connectivity index (χ1n) is 13.3. The number of hydrogen-bond donors (Lipinski definition) is 0. The summed E-state index contributed by atoms with van der Waals surface area (Å²) in [7, 11) is 0. The molecule has 3 aromatic rings. The van der Waals surface area contributed by atoms with Crippen LogP contribution in [0, 0.1) is 71.6 Å². The highest BCUT2D eigenvalue weighted by Gasteiger charge is 2.42. The van der Waals surface area contributed by atoms with Gasteiger partial charge in [0.1, 0.15) is 17.7 Å². The van der Waals surface area contributed by atoms with E-state index in [9.17, 15) is 34.2 Å². The van der Waals surface area contributed by atoms with E-state index in [1.54, 1.807) is 13.0 Å². The molecule has 0 radical (unpaired) electrons. The summed E-state index contributed by atoms with van der Waals surface area (Å²) in [4.78, 5) is 13.9. The number of nitrogens with zero attached hydrogens (tertiary/aromatic N) is 8. The van der Waals surface area contributed by atoms with Gasteiger partial charge in [-0.05, 0) is 69.3 Å². The van der Waals surface area contributed by atoms with E-state index >= 15 is 0 Å². The molecule has 0 bridgehead atoms. The lowest BCUT2D eigenvalue weighted by Crippen LogP contribution is -2.13. The van der Waals surface area contributed by atoms with Gasteiger partial charge in [-0.2, -0.15) is 21.0 Å². The molecule has 0 N–H and O–H groups in total. The first-order valence-corrected chi connectivity index (χ1v) is 13.3. The summed E-state index contributed by atoms with van der Waals surface area (Å²) in [5, 5.41) is 39.5. The number of alkyl halides is 3. The molecule has 2 aliphatic carbocycles. The van der Waals surface area contributed by atoms with Gasteiger partial charge in [0.25, 0.3) is 0 Å². The molecule has 3 aromatic carbocycles. The predicted octanol–water partition coefficient (Wildman–Crippen LogP) is 9.20. The Morgan fingerprint density at radius 1 is 0.688 bits per heavy atom. The summed E-state index contributed by atoms with van der Waals surface area (Å²) >= 11 is 0. The smallest absolute Gasteiger partial charge is 0.404 e. The Morgan fingerprint density at radius 2 is 1.25 bits per heavy atom. The Kier molecular flexibility index (Phi) is 7.83. The van der Waals surface area contributed by atoms with Crippen LogP contribution in [0.1, 0.15) is 51.4 Å². The zero-order chi connectivity index (χ0) is 34.9. The van der Waals surface area contributed by atoms with Gasteiger partial charge in [-0.3, -0.25) is 0 Å². The van der Waals surface area contributed by atoms with Gasteiger partial charge in [-0.15, -0.1) is 13.2 Å². The van der Waals surface area contributed by atoms with Gasteiger partial charge in [-0.25, -0.2) is 19.4 Å². The summed E-state index contributed by atoms with van der Waals surface area (Å²) in [5.41, 5.74) is -0.542. The molecule has 0 fully saturated rings. The number of hydrogen-bond acceptors (Lipinski definition) is 5. The molecule has 0 saturated heterocycles. The van der Waals surface area contributed by atoms with Crippen LogP contribution < -0.4 is 0 Å². The molecule has 0 heterocycles. The number of fused-ring (bicyclic) bond motifs is 2. The molecule has 0 spiro atoms. The number of ether oxygens (including phenoxy) is 1. The maximum atomic E-state index is 13.9. The van der Waals surface area contributed by atoms with E-state index in [2.05, 4.69) is 24.1 Å². The van der Waals surface area contributed by atoms with E-state index in [0.717, 1.165) is 0 Å². The van der Waals surface area contributed by atoms with Gasteiger partial charge in [0, 0.05) is 22.3 Å². The van der Waals surface area contributed by atoms with Gasteiger partial charge in [0.15, 0.2) is 28.5 Å². The van der Waals surface area contributed by atoms with Crippen LogP contribution in [0.5, 0.6) is 0 Å². The van der Waals surface area contributed by atoms with Crippen molar-refractivity contribution >= 4 is 45.1 Å². The van der Waals surface area contributed by atoms with Crippen molar-refractivity contribution < 1.29 is 17.9 Å². The standard InChI is InChI=1S/C36H11F3N8O/c1-18-31(34(47-5)22-7-20(15-41)9-24(11-22)45-3)27-13-26-25(12-28(27)33(18)46-4)30(17-43)35(48-36(37,38)39)32(26)29(16-42)21-6-19(14-40)8-23(10-21)44-2/h6-13H,1H3/b32-29+,34-31?. The van der Waals surface area contributed by atoms with Gasteiger partial charge in [0.2, 0.25) is 0 Å². The Balaban J connectivity index is 1.95. The van der Waals surface area contributed by atoms with Crippen LogP contribution in [0.4, 0.5) is 24.5 Å². The van der Waals surface area contributed by atoms with Gasteiger partial charge < -0.3 is 4.74 Å². The molecule has 0 aliphatic heterocycles. The van der Waals surface area contributed by atoms with Crippen LogP contribution >= 0.6 is 0 Å². The molecule has 9 nitrogen and oxygen atoms in total. The van der Waals surface area contributed by atoms with Crippen molar-refractivity contribution in [3.05, 3.63) is 150 Å². The second kappa shape index (κ2) is 11.9. The third-order valence-corrected chi connectivity index (χ3v) is 7.47. The topological polar surface area (TPSA) is 122 Å². The second-order valence-corrected chi connectivity index (χ2v) is 10.1.